The molecule has 1 aromatic carbocycles. The molecule has 3 aromatic rings. The van der Waals surface area contributed by atoms with E-state index in [4.69, 9.17) is 5.73 Å². The van der Waals surface area contributed by atoms with Crippen LogP contribution in [0, 0.1) is 0 Å². The van der Waals surface area contributed by atoms with Crippen molar-refractivity contribution in [3.8, 4) is 5.75 Å². The third kappa shape index (κ3) is 4.76. The predicted octanol–water partition coefficient (Wildman–Crippen LogP) is 4.58. The van der Waals surface area contributed by atoms with Crippen LogP contribution in [0.5, 0.6) is 5.75 Å². The zero-order chi connectivity index (χ0) is 18.4. The van der Waals surface area contributed by atoms with Gasteiger partial charge in [-0.1, -0.05) is 31.5 Å². The molecule has 136 valence electrons. The van der Waals surface area contributed by atoms with Crippen molar-refractivity contribution in [3.05, 3.63) is 75.6 Å². The van der Waals surface area contributed by atoms with Gasteiger partial charge < -0.3 is 15.4 Å². The Kier molecular flexibility index (Phi) is 6.12. The number of aromatic nitrogens is 2. The van der Waals surface area contributed by atoms with Crippen molar-refractivity contribution in [1.29, 1.82) is 0 Å². The predicted molar refractivity (Wildman–Crippen MR) is 108 cm³/mol. The summed E-state index contributed by atoms with van der Waals surface area (Å²) < 4.78 is 2.23. The number of phenols is 1. The van der Waals surface area contributed by atoms with Crippen LogP contribution < -0.4 is 5.73 Å². The van der Waals surface area contributed by atoms with Gasteiger partial charge in [0.1, 0.15) is 11.6 Å². The number of hydrogen-bond acceptors (Lipinski definition) is 4. The zero-order valence-electron chi connectivity index (χ0n) is 15.1. The van der Waals surface area contributed by atoms with E-state index in [-0.39, 0.29) is 5.75 Å². The molecule has 0 amide bonds. The van der Waals surface area contributed by atoms with Crippen LogP contribution in [0.2, 0.25) is 0 Å². The Morgan fingerprint density at radius 1 is 1.27 bits per heavy atom. The molecule has 0 aliphatic carbocycles. The highest BCUT2D eigenvalue weighted by Gasteiger charge is 2.10. The van der Waals surface area contributed by atoms with Crippen LogP contribution in [0.4, 0.5) is 0 Å². The third-order valence-electron chi connectivity index (χ3n) is 4.29. The number of hydrogen-bond donors (Lipinski definition) is 2. The number of allylic oxidation sites excluding steroid dienone is 1. The first-order valence-electron chi connectivity index (χ1n) is 8.96. The molecule has 2 aromatic heterocycles. The summed E-state index contributed by atoms with van der Waals surface area (Å²) in [4.78, 5) is 5.89. The van der Waals surface area contributed by atoms with E-state index >= 15 is 0 Å². The van der Waals surface area contributed by atoms with Crippen LogP contribution in [0.15, 0.2) is 53.7 Å². The van der Waals surface area contributed by atoms with Gasteiger partial charge in [-0.15, -0.1) is 11.3 Å². The molecule has 2 heterocycles. The van der Waals surface area contributed by atoms with Crippen LogP contribution in [0.25, 0.3) is 6.08 Å². The molecule has 26 heavy (non-hydrogen) atoms. The summed E-state index contributed by atoms with van der Waals surface area (Å²) in [6.45, 7) is 2.91. The van der Waals surface area contributed by atoms with Gasteiger partial charge in [-0.05, 0) is 41.6 Å². The molecule has 4 nitrogen and oxygen atoms in total. The van der Waals surface area contributed by atoms with Crippen molar-refractivity contribution < 1.29 is 5.11 Å². The SMILES string of the molecule is CCCCc1ncc(/C=C(/N)Cc2cccs2)n1Cc1ccc(O)cc1. The highest BCUT2D eigenvalue weighted by Crippen LogP contribution is 2.18. The molecule has 0 saturated carbocycles. The van der Waals surface area contributed by atoms with E-state index in [1.165, 1.54) is 4.88 Å². The molecule has 5 heteroatoms. The van der Waals surface area contributed by atoms with Crippen LogP contribution in [0.3, 0.4) is 0 Å². The fraction of sp³-hybridized carbons (Fsp3) is 0.286. The smallest absolute Gasteiger partial charge is 0.115 e. The average Bonchev–Trinajstić information content (AvgIpc) is 3.26. The lowest BCUT2D eigenvalue weighted by atomic mass is 10.2. The Hall–Kier alpha value is -2.53. The molecule has 0 unspecified atom stereocenters. The van der Waals surface area contributed by atoms with Gasteiger partial charge in [-0.2, -0.15) is 0 Å². The van der Waals surface area contributed by atoms with E-state index in [1.807, 2.05) is 30.5 Å². The largest absolute Gasteiger partial charge is 0.508 e. The summed E-state index contributed by atoms with van der Waals surface area (Å²) >= 11 is 1.72. The van der Waals surface area contributed by atoms with Gasteiger partial charge >= 0.3 is 0 Å². The molecule has 0 aliphatic rings. The van der Waals surface area contributed by atoms with Crippen LogP contribution in [-0.4, -0.2) is 14.7 Å². The number of thiophene rings is 1. The molecular formula is C21H25N3OS. The molecule has 3 rings (SSSR count). The van der Waals surface area contributed by atoms with Gasteiger partial charge in [0, 0.05) is 30.0 Å². The van der Waals surface area contributed by atoms with Crippen molar-refractivity contribution in [2.24, 2.45) is 5.73 Å². The fourth-order valence-corrected chi connectivity index (χ4v) is 3.64. The number of aryl methyl sites for hydroxylation is 1. The van der Waals surface area contributed by atoms with Gasteiger partial charge in [-0.3, -0.25) is 0 Å². The second kappa shape index (κ2) is 8.72. The molecule has 0 atom stereocenters. The maximum absolute atomic E-state index is 9.51. The van der Waals surface area contributed by atoms with Gasteiger partial charge in [0.2, 0.25) is 0 Å². The third-order valence-corrected chi connectivity index (χ3v) is 5.17. The highest BCUT2D eigenvalue weighted by molar-refractivity contribution is 7.09. The van der Waals surface area contributed by atoms with Gasteiger partial charge in [0.15, 0.2) is 0 Å². The summed E-state index contributed by atoms with van der Waals surface area (Å²) in [6, 6.07) is 11.5. The van der Waals surface area contributed by atoms with Gasteiger partial charge in [0.05, 0.1) is 11.9 Å². The molecule has 0 radical (unpaired) electrons. The molecule has 3 N–H and O–H groups in total. The second-order valence-corrected chi connectivity index (χ2v) is 7.46. The minimum absolute atomic E-state index is 0.283. The van der Waals surface area contributed by atoms with Crippen LogP contribution >= 0.6 is 11.3 Å². The molecular weight excluding hydrogens is 342 g/mol. The van der Waals surface area contributed by atoms with Gasteiger partial charge in [-0.25, -0.2) is 4.98 Å². The zero-order valence-corrected chi connectivity index (χ0v) is 15.9. The van der Waals surface area contributed by atoms with Crippen LogP contribution in [0.1, 0.15) is 41.7 Å². The molecule has 0 aliphatic heterocycles. The minimum atomic E-state index is 0.283. The maximum Gasteiger partial charge on any atom is 0.115 e. The van der Waals surface area contributed by atoms with E-state index in [2.05, 4.69) is 27.9 Å². The number of unbranched alkanes of at least 4 members (excludes halogenated alkanes) is 1. The summed E-state index contributed by atoms with van der Waals surface area (Å²) in [7, 11) is 0. The lowest BCUT2D eigenvalue weighted by Gasteiger charge is -2.11. The van der Waals surface area contributed by atoms with Crippen molar-refractivity contribution in [1.82, 2.24) is 9.55 Å². The summed E-state index contributed by atoms with van der Waals surface area (Å²) in [5.41, 5.74) is 9.27. The quantitative estimate of drug-likeness (QED) is 0.612. The van der Waals surface area contributed by atoms with E-state index in [9.17, 15) is 5.11 Å². The Balaban J connectivity index is 1.86. The van der Waals surface area contributed by atoms with E-state index in [1.54, 1.807) is 23.5 Å². The van der Waals surface area contributed by atoms with Crippen molar-refractivity contribution in [2.75, 3.05) is 0 Å². The van der Waals surface area contributed by atoms with Crippen molar-refractivity contribution in [3.63, 3.8) is 0 Å². The van der Waals surface area contributed by atoms with Crippen molar-refractivity contribution >= 4 is 17.4 Å². The van der Waals surface area contributed by atoms with Crippen molar-refractivity contribution in [2.45, 2.75) is 39.2 Å². The van der Waals surface area contributed by atoms with E-state index in [0.717, 1.165) is 55.0 Å². The minimum Gasteiger partial charge on any atom is -0.508 e. The van der Waals surface area contributed by atoms with E-state index in [0.29, 0.717) is 0 Å². The number of aromatic hydroxyl groups is 1. The highest BCUT2D eigenvalue weighted by atomic mass is 32.1. The molecule has 0 bridgehead atoms. The van der Waals surface area contributed by atoms with Crippen LogP contribution in [-0.2, 0) is 19.4 Å². The number of imidazole rings is 1. The van der Waals surface area contributed by atoms with E-state index < -0.39 is 0 Å². The Morgan fingerprint density at radius 2 is 2.08 bits per heavy atom. The topological polar surface area (TPSA) is 64.1 Å². The first-order chi connectivity index (χ1) is 12.7. The summed E-state index contributed by atoms with van der Waals surface area (Å²) in [5, 5.41) is 11.6. The fourth-order valence-electron chi connectivity index (χ4n) is 2.90. The number of nitrogens with two attached hydrogens (primary N) is 1. The second-order valence-electron chi connectivity index (χ2n) is 6.43. The average molecular weight is 368 g/mol. The summed E-state index contributed by atoms with van der Waals surface area (Å²) in [6.07, 6.45) is 7.90. The lowest BCUT2D eigenvalue weighted by molar-refractivity contribution is 0.475. The van der Waals surface area contributed by atoms with Gasteiger partial charge in [0.25, 0.3) is 0 Å². The summed E-state index contributed by atoms with van der Waals surface area (Å²) in [5.74, 6) is 1.36. The standard InChI is InChI=1S/C21H25N3OS/c1-2-3-6-21-23-14-18(12-17(22)13-20-5-4-11-26-20)24(21)15-16-7-9-19(25)10-8-16/h4-5,7-12,14,25H,2-3,6,13,15,22H2,1H3/b17-12+. The molecule has 0 spiro atoms. The number of phenolic OH excluding ortho intramolecular Hbond substituents is 1. The Morgan fingerprint density at radius 3 is 2.77 bits per heavy atom. The number of rotatable bonds is 8. The molecule has 0 saturated heterocycles. The molecule has 0 fully saturated rings. The normalized spacial score (nSPS) is 11.8. The number of benzene rings is 1. The first kappa shape index (κ1) is 18.3. The maximum atomic E-state index is 9.51. The lowest BCUT2D eigenvalue weighted by Crippen LogP contribution is -2.08. The first-order valence-corrected chi connectivity index (χ1v) is 9.84. The number of nitrogens with zero attached hydrogens (tertiary/aromatic N) is 2. The monoisotopic (exact) mass is 367 g/mol. The Bertz CT molecular complexity index is 848. The Labute approximate surface area is 158 Å².